The summed E-state index contributed by atoms with van der Waals surface area (Å²) < 4.78 is 5.10. The molecule has 0 aliphatic heterocycles. The molecule has 1 aromatic carbocycles. The van der Waals surface area contributed by atoms with Gasteiger partial charge in [-0.25, -0.2) is 0 Å². The molecule has 0 radical (unpaired) electrons. The van der Waals surface area contributed by atoms with Crippen molar-refractivity contribution >= 4 is 11.6 Å². The third-order valence-corrected chi connectivity index (χ3v) is 3.00. The van der Waals surface area contributed by atoms with Crippen LogP contribution in [0.2, 0.25) is 0 Å². The summed E-state index contributed by atoms with van der Waals surface area (Å²) in [6, 6.07) is 7.26. The van der Waals surface area contributed by atoms with Crippen LogP contribution >= 0.6 is 0 Å². The number of amides is 1. The lowest BCUT2D eigenvalue weighted by Crippen LogP contribution is -2.29. The number of aliphatic hydroxyl groups is 1. The summed E-state index contributed by atoms with van der Waals surface area (Å²) in [5, 5.41) is 14.8. The molecule has 1 atom stereocenters. The average molecular weight is 280 g/mol. The second kappa shape index (κ2) is 9.34. The molecule has 5 heteroatoms. The molecular weight excluding hydrogens is 256 g/mol. The summed E-state index contributed by atoms with van der Waals surface area (Å²) in [7, 11) is 1.59. The molecule has 1 rings (SSSR count). The minimum Gasteiger partial charge on any atom is -0.497 e. The molecule has 0 bridgehead atoms. The Labute approximate surface area is 120 Å². The van der Waals surface area contributed by atoms with Gasteiger partial charge in [-0.05, 0) is 37.4 Å². The molecular formula is C15H24N2O3. The fourth-order valence-electron chi connectivity index (χ4n) is 1.77. The molecule has 1 aromatic rings. The van der Waals surface area contributed by atoms with Crippen LogP contribution in [0, 0.1) is 5.92 Å². The Morgan fingerprint density at radius 1 is 1.45 bits per heavy atom. The predicted molar refractivity (Wildman–Crippen MR) is 80.0 cm³/mol. The molecule has 112 valence electrons. The van der Waals surface area contributed by atoms with Gasteiger partial charge in [-0.2, -0.15) is 0 Å². The Hall–Kier alpha value is -1.59. The minimum absolute atomic E-state index is 0.0755. The third kappa shape index (κ3) is 6.54. The molecule has 0 aliphatic carbocycles. The molecule has 5 nitrogen and oxygen atoms in total. The molecule has 0 saturated carbocycles. The first-order chi connectivity index (χ1) is 9.65. The van der Waals surface area contributed by atoms with Crippen LogP contribution in [-0.2, 0) is 4.79 Å². The van der Waals surface area contributed by atoms with Gasteiger partial charge >= 0.3 is 0 Å². The van der Waals surface area contributed by atoms with E-state index in [0.29, 0.717) is 11.7 Å². The van der Waals surface area contributed by atoms with Gasteiger partial charge < -0.3 is 20.5 Å². The molecule has 0 spiro atoms. The van der Waals surface area contributed by atoms with Crippen LogP contribution in [0.15, 0.2) is 24.3 Å². The number of hydrogen-bond acceptors (Lipinski definition) is 4. The molecule has 0 aromatic heterocycles. The van der Waals surface area contributed by atoms with Crippen molar-refractivity contribution in [3.8, 4) is 5.75 Å². The second-order valence-electron chi connectivity index (χ2n) is 4.89. The SMILES string of the molecule is COc1cccc(NC(=O)CNCCCC(C)CO)c1. The van der Waals surface area contributed by atoms with Crippen LogP contribution < -0.4 is 15.4 Å². The van der Waals surface area contributed by atoms with Crippen molar-refractivity contribution < 1.29 is 14.6 Å². The number of carbonyl (C=O) groups is 1. The van der Waals surface area contributed by atoms with Gasteiger partial charge in [0.05, 0.1) is 13.7 Å². The zero-order valence-electron chi connectivity index (χ0n) is 12.2. The third-order valence-electron chi connectivity index (χ3n) is 3.00. The minimum atomic E-state index is -0.0755. The number of rotatable bonds is 9. The molecule has 3 N–H and O–H groups in total. The van der Waals surface area contributed by atoms with Crippen molar-refractivity contribution in [1.29, 1.82) is 0 Å². The Balaban J connectivity index is 2.20. The topological polar surface area (TPSA) is 70.6 Å². The number of benzene rings is 1. The summed E-state index contributed by atoms with van der Waals surface area (Å²) in [6.07, 6.45) is 1.91. The molecule has 1 amide bonds. The highest BCUT2D eigenvalue weighted by atomic mass is 16.5. The highest BCUT2D eigenvalue weighted by molar-refractivity contribution is 5.92. The monoisotopic (exact) mass is 280 g/mol. The molecule has 0 saturated heterocycles. The van der Waals surface area contributed by atoms with E-state index in [1.165, 1.54) is 0 Å². The van der Waals surface area contributed by atoms with Crippen LogP contribution in [0.1, 0.15) is 19.8 Å². The van der Waals surface area contributed by atoms with E-state index in [1.807, 2.05) is 25.1 Å². The van der Waals surface area contributed by atoms with Gasteiger partial charge in [0, 0.05) is 18.4 Å². The molecule has 0 aliphatic rings. The number of aliphatic hydroxyl groups excluding tert-OH is 1. The van der Waals surface area contributed by atoms with E-state index in [9.17, 15) is 4.79 Å². The number of nitrogens with one attached hydrogen (secondary N) is 2. The van der Waals surface area contributed by atoms with E-state index in [4.69, 9.17) is 9.84 Å². The van der Waals surface area contributed by atoms with Gasteiger partial charge in [0.25, 0.3) is 0 Å². The van der Waals surface area contributed by atoms with Gasteiger partial charge in [0.1, 0.15) is 5.75 Å². The molecule has 1 unspecified atom stereocenters. The van der Waals surface area contributed by atoms with E-state index in [1.54, 1.807) is 13.2 Å². The maximum absolute atomic E-state index is 11.7. The second-order valence-corrected chi connectivity index (χ2v) is 4.89. The fourth-order valence-corrected chi connectivity index (χ4v) is 1.77. The Kier molecular flexibility index (Phi) is 7.69. The smallest absolute Gasteiger partial charge is 0.238 e. The summed E-state index contributed by atoms with van der Waals surface area (Å²) >= 11 is 0. The summed E-state index contributed by atoms with van der Waals surface area (Å²) in [5.74, 6) is 0.963. The zero-order chi connectivity index (χ0) is 14.8. The van der Waals surface area contributed by atoms with E-state index in [0.717, 1.165) is 25.1 Å². The maximum Gasteiger partial charge on any atom is 0.238 e. The van der Waals surface area contributed by atoms with Crippen molar-refractivity contribution in [1.82, 2.24) is 5.32 Å². The number of anilines is 1. The van der Waals surface area contributed by atoms with Gasteiger partial charge in [-0.3, -0.25) is 4.79 Å². The quantitative estimate of drug-likeness (QED) is 0.601. The summed E-state index contributed by atoms with van der Waals surface area (Å²) in [4.78, 5) is 11.7. The predicted octanol–water partition coefficient (Wildman–Crippen LogP) is 1.63. The van der Waals surface area contributed by atoms with Crippen molar-refractivity contribution in [2.75, 3.05) is 32.1 Å². The van der Waals surface area contributed by atoms with E-state index >= 15 is 0 Å². The summed E-state index contributed by atoms with van der Waals surface area (Å²) in [6.45, 7) is 3.28. The van der Waals surface area contributed by atoms with Crippen LogP contribution in [0.3, 0.4) is 0 Å². The van der Waals surface area contributed by atoms with E-state index in [-0.39, 0.29) is 19.1 Å². The largest absolute Gasteiger partial charge is 0.497 e. The lowest BCUT2D eigenvalue weighted by Gasteiger charge is -2.09. The van der Waals surface area contributed by atoms with Crippen LogP contribution in [0.4, 0.5) is 5.69 Å². The van der Waals surface area contributed by atoms with Crippen molar-refractivity contribution in [2.45, 2.75) is 19.8 Å². The summed E-state index contributed by atoms with van der Waals surface area (Å²) in [5.41, 5.74) is 0.727. The Morgan fingerprint density at radius 2 is 2.25 bits per heavy atom. The lowest BCUT2D eigenvalue weighted by atomic mass is 10.1. The van der Waals surface area contributed by atoms with E-state index < -0.39 is 0 Å². The van der Waals surface area contributed by atoms with Crippen LogP contribution in [-0.4, -0.2) is 37.8 Å². The number of methoxy groups -OCH3 is 1. The van der Waals surface area contributed by atoms with Gasteiger partial charge in [-0.1, -0.05) is 13.0 Å². The van der Waals surface area contributed by atoms with Gasteiger partial charge in [0.15, 0.2) is 0 Å². The maximum atomic E-state index is 11.7. The van der Waals surface area contributed by atoms with Crippen LogP contribution in [0.5, 0.6) is 5.75 Å². The van der Waals surface area contributed by atoms with Gasteiger partial charge in [0.2, 0.25) is 5.91 Å². The van der Waals surface area contributed by atoms with Gasteiger partial charge in [-0.15, -0.1) is 0 Å². The van der Waals surface area contributed by atoms with E-state index in [2.05, 4.69) is 10.6 Å². The first-order valence-electron chi connectivity index (χ1n) is 6.91. The zero-order valence-corrected chi connectivity index (χ0v) is 12.2. The van der Waals surface area contributed by atoms with Crippen molar-refractivity contribution in [3.05, 3.63) is 24.3 Å². The first-order valence-corrected chi connectivity index (χ1v) is 6.91. The number of carbonyl (C=O) groups excluding carboxylic acids is 1. The fraction of sp³-hybridized carbons (Fsp3) is 0.533. The Bertz CT molecular complexity index is 410. The molecule has 20 heavy (non-hydrogen) atoms. The first kappa shape index (κ1) is 16.5. The number of ether oxygens (including phenoxy) is 1. The van der Waals surface area contributed by atoms with Crippen molar-refractivity contribution in [3.63, 3.8) is 0 Å². The normalized spacial score (nSPS) is 11.9. The van der Waals surface area contributed by atoms with Crippen LogP contribution in [0.25, 0.3) is 0 Å². The number of hydrogen-bond donors (Lipinski definition) is 3. The molecule has 0 heterocycles. The highest BCUT2D eigenvalue weighted by Crippen LogP contribution is 2.16. The average Bonchev–Trinajstić information content (AvgIpc) is 2.46. The van der Waals surface area contributed by atoms with Crippen molar-refractivity contribution in [2.24, 2.45) is 5.92 Å². The highest BCUT2D eigenvalue weighted by Gasteiger charge is 2.03. The molecule has 0 fully saturated rings. The standard InChI is InChI=1S/C15H24N2O3/c1-12(11-18)5-4-8-16-10-15(19)17-13-6-3-7-14(9-13)20-2/h3,6-7,9,12,16,18H,4-5,8,10-11H2,1-2H3,(H,17,19). The lowest BCUT2D eigenvalue weighted by molar-refractivity contribution is -0.115. The Morgan fingerprint density at radius 3 is 2.95 bits per heavy atom.